The van der Waals surface area contributed by atoms with Gasteiger partial charge in [-0.15, -0.1) is 0 Å². The first-order valence-electron chi connectivity index (χ1n) is 9.20. The molecule has 1 aliphatic heterocycles. The Hall–Kier alpha value is -3.38. The predicted molar refractivity (Wildman–Crippen MR) is 111 cm³/mol. The highest BCUT2D eigenvalue weighted by molar-refractivity contribution is 6.13. The lowest BCUT2D eigenvalue weighted by Gasteiger charge is -2.16. The zero-order valence-electron chi connectivity index (χ0n) is 15.7. The molecule has 0 saturated heterocycles. The maximum absolute atomic E-state index is 13.1. The molecular weight excluding hydrogens is 352 g/mol. The molecule has 28 heavy (non-hydrogen) atoms. The van der Waals surface area contributed by atoms with Gasteiger partial charge in [0.05, 0.1) is 11.0 Å². The van der Waals surface area contributed by atoms with Crippen molar-refractivity contribution in [3.63, 3.8) is 0 Å². The summed E-state index contributed by atoms with van der Waals surface area (Å²) in [6.45, 7) is 1.07. The van der Waals surface area contributed by atoms with Gasteiger partial charge in [0.2, 0.25) is 5.88 Å². The maximum atomic E-state index is 13.1. The van der Waals surface area contributed by atoms with Crippen molar-refractivity contribution in [1.29, 1.82) is 0 Å². The minimum atomic E-state index is -0.176. The molecule has 0 atom stereocenters. The Morgan fingerprint density at radius 2 is 1.89 bits per heavy atom. The van der Waals surface area contributed by atoms with E-state index in [1.54, 1.807) is 0 Å². The molecule has 0 aliphatic carbocycles. The summed E-state index contributed by atoms with van der Waals surface area (Å²) in [5.41, 5.74) is 7.19. The molecule has 5 rings (SSSR count). The van der Waals surface area contributed by atoms with Gasteiger partial charge in [-0.2, -0.15) is 0 Å². The second kappa shape index (κ2) is 5.81. The Kier molecular flexibility index (Phi) is 3.48. The Balaban J connectivity index is 1.97. The van der Waals surface area contributed by atoms with Crippen LogP contribution in [-0.4, -0.2) is 35.2 Å². The van der Waals surface area contributed by atoms with E-state index in [4.69, 9.17) is 10.7 Å². The first kappa shape index (κ1) is 16.8. The number of likely N-dealkylation sites (N-methyl/N-ethyl adjacent to an activating group) is 1. The summed E-state index contributed by atoms with van der Waals surface area (Å²) in [5, 5.41) is 16.7. The lowest BCUT2D eigenvalue weighted by atomic mass is 9.98. The summed E-state index contributed by atoms with van der Waals surface area (Å²) in [5.74, 6) is -0.0102. The van der Waals surface area contributed by atoms with E-state index in [-0.39, 0.29) is 11.4 Å². The summed E-state index contributed by atoms with van der Waals surface area (Å²) >= 11 is 0. The fourth-order valence-corrected chi connectivity index (χ4v) is 4.07. The number of aromatic hydroxyl groups is 1. The quantitative estimate of drug-likeness (QED) is 0.476. The fourth-order valence-electron chi connectivity index (χ4n) is 4.07. The number of hydrogen-bond acceptors (Lipinski definition) is 5. The number of anilines is 1. The summed E-state index contributed by atoms with van der Waals surface area (Å²) in [6, 6.07) is 13.2. The van der Waals surface area contributed by atoms with E-state index in [1.807, 2.05) is 61.5 Å². The molecule has 140 valence electrons. The SMILES string of the molecule is CN(C)CCn1c(O)c2cc3c(c4cccc(c1=O)c24)=c1ccc(N)cc1=N3. The highest BCUT2D eigenvalue weighted by Crippen LogP contribution is 2.37. The lowest BCUT2D eigenvalue weighted by molar-refractivity contribution is 0.353. The smallest absolute Gasteiger partial charge is 0.261 e. The van der Waals surface area contributed by atoms with Crippen LogP contribution in [0.4, 0.5) is 11.4 Å². The monoisotopic (exact) mass is 372 g/mol. The van der Waals surface area contributed by atoms with Gasteiger partial charge in [0.1, 0.15) is 0 Å². The minimum absolute atomic E-state index is 0.0102. The van der Waals surface area contributed by atoms with Gasteiger partial charge in [0, 0.05) is 45.4 Å². The summed E-state index contributed by atoms with van der Waals surface area (Å²) in [6.07, 6.45) is 0. The molecule has 6 heteroatoms. The Labute approximate surface area is 160 Å². The van der Waals surface area contributed by atoms with Crippen LogP contribution in [0.15, 0.2) is 52.3 Å². The largest absolute Gasteiger partial charge is 0.494 e. The van der Waals surface area contributed by atoms with E-state index in [1.165, 1.54) is 4.57 Å². The third-order valence-electron chi connectivity index (χ3n) is 5.42. The van der Waals surface area contributed by atoms with Crippen LogP contribution in [-0.2, 0) is 6.54 Å². The molecule has 0 saturated carbocycles. The van der Waals surface area contributed by atoms with E-state index in [2.05, 4.69) is 0 Å². The van der Waals surface area contributed by atoms with Crippen molar-refractivity contribution in [1.82, 2.24) is 9.47 Å². The third-order valence-corrected chi connectivity index (χ3v) is 5.42. The molecule has 0 amide bonds. The van der Waals surface area contributed by atoms with Crippen LogP contribution >= 0.6 is 0 Å². The van der Waals surface area contributed by atoms with Crippen LogP contribution in [0, 0.1) is 10.4 Å². The molecule has 3 aromatic carbocycles. The zero-order valence-corrected chi connectivity index (χ0v) is 15.7. The predicted octanol–water partition coefficient (Wildman–Crippen LogP) is 2.27. The topological polar surface area (TPSA) is 83.8 Å². The van der Waals surface area contributed by atoms with Crippen LogP contribution < -0.4 is 16.7 Å². The van der Waals surface area contributed by atoms with Crippen molar-refractivity contribution in [3.05, 3.63) is 68.6 Å². The van der Waals surface area contributed by atoms with Gasteiger partial charge >= 0.3 is 0 Å². The number of benzene rings is 3. The molecule has 0 fully saturated rings. The lowest BCUT2D eigenvalue weighted by Crippen LogP contribution is -2.26. The molecular formula is C22H20N4O2. The molecule has 4 aromatic rings. The highest BCUT2D eigenvalue weighted by Gasteiger charge is 2.19. The number of rotatable bonds is 3. The average molecular weight is 372 g/mol. The Morgan fingerprint density at radius 3 is 2.68 bits per heavy atom. The number of pyridine rings is 1. The molecule has 0 radical (unpaired) electrons. The van der Waals surface area contributed by atoms with E-state index < -0.39 is 0 Å². The van der Waals surface area contributed by atoms with Gasteiger partial charge in [0.15, 0.2) is 0 Å². The second-order valence-corrected chi connectivity index (χ2v) is 7.52. The van der Waals surface area contributed by atoms with Crippen molar-refractivity contribution < 1.29 is 5.11 Å². The molecule has 0 spiro atoms. The molecule has 6 nitrogen and oxygen atoms in total. The number of aromatic nitrogens is 1. The molecule has 0 bridgehead atoms. The van der Waals surface area contributed by atoms with Crippen molar-refractivity contribution in [2.24, 2.45) is 4.99 Å². The van der Waals surface area contributed by atoms with E-state index in [0.29, 0.717) is 29.5 Å². The number of fused-ring (bicyclic) bond motifs is 3. The van der Waals surface area contributed by atoms with Crippen LogP contribution in [0.1, 0.15) is 0 Å². The Bertz CT molecular complexity index is 1490. The zero-order chi connectivity index (χ0) is 19.6. The average Bonchev–Trinajstić information content (AvgIpc) is 3.02. The van der Waals surface area contributed by atoms with Crippen LogP contribution in [0.2, 0.25) is 0 Å². The van der Waals surface area contributed by atoms with Crippen molar-refractivity contribution >= 4 is 32.9 Å². The molecule has 3 N–H and O–H groups in total. The van der Waals surface area contributed by atoms with Gasteiger partial charge < -0.3 is 15.7 Å². The number of nitrogens with two attached hydrogens (primary N) is 1. The summed E-state index contributed by atoms with van der Waals surface area (Å²) < 4.78 is 1.45. The number of nitrogen functional groups attached to an aromatic ring is 1. The van der Waals surface area contributed by atoms with Crippen molar-refractivity contribution in [2.45, 2.75) is 6.54 Å². The van der Waals surface area contributed by atoms with Crippen LogP contribution in [0.25, 0.3) is 21.5 Å². The maximum Gasteiger partial charge on any atom is 0.261 e. The minimum Gasteiger partial charge on any atom is -0.494 e. The fraction of sp³-hybridized carbons (Fsp3) is 0.182. The van der Waals surface area contributed by atoms with E-state index in [9.17, 15) is 9.90 Å². The highest BCUT2D eigenvalue weighted by atomic mass is 16.3. The third kappa shape index (κ3) is 2.25. The van der Waals surface area contributed by atoms with Gasteiger partial charge in [-0.1, -0.05) is 18.2 Å². The molecule has 0 unspecified atom stereocenters. The van der Waals surface area contributed by atoms with Gasteiger partial charge in [-0.05, 0) is 43.7 Å². The van der Waals surface area contributed by atoms with Crippen LogP contribution in [0.5, 0.6) is 5.88 Å². The van der Waals surface area contributed by atoms with Gasteiger partial charge in [-0.25, -0.2) is 4.99 Å². The second-order valence-electron chi connectivity index (χ2n) is 7.52. The normalized spacial score (nSPS) is 12.5. The molecule has 2 heterocycles. The standard InChI is InChI=1S/C22H20N4O2/c1-25(2)8-9-26-21(27)15-5-3-4-14-19(15)16(22(26)28)11-18-20(14)13-7-6-12(23)10-17(13)24-18/h3-7,10-11,28H,8-9,23H2,1-2H3. The summed E-state index contributed by atoms with van der Waals surface area (Å²) in [4.78, 5) is 19.8. The van der Waals surface area contributed by atoms with Crippen molar-refractivity contribution in [3.8, 4) is 5.88 Å². The molecule has 1 aliphatic rings. The first-order valence-corrected chi connectivity index (χ1v) is 9.20. The van der Waals surface area contributed by atoms with Crippen molar-refractivity contribution in [2.75, 3.05) is 26.4 Å². The first-order chi connectivity index (χ1) is 13.5. The van der Waals surface area contributed by atoms with E-state index in [0.717, 1.165) is 32.3 Å². The van der Waals surface area contributed by atoms with Gasteiger partial charge in [0.25, 0.3) is 5.56 Å². The van der Waals surface area contributed by atoms with Crippen LogP contribution in [0.3, 0.4) is 0 Å². The van der Waals surface area contributed by atoms with E-state index >= 15 is 0 Å². The number of hydrogen-bond donors (Lipinski definition) is 2. The molecule has 1 aromatic heterocycles. The van der Waals surface area contributed by atoms with Gasteiger partial charge in [-0.3, -0.25) is 9.36 Å². The number of nitrogens with zero attached hydrogens (tertiary/aromatic N) is 3. The Morgan fingerprint density at radius 1 is 1.11 bits per heavy atom. The summed E-state index contributed by atoms with van der Waals surface area (Å²) in [7, 11) is 3.88.